The second-order valence-electron chi connectivity index (χ2n) is 8.58. The highest BCUT2D eigenvalue weighted by atomic mass is 32.2. The number of H-pyrrole nitrogens is 1. The maximum Gasteiger partial charge on any atom is 0.325 e. The SMILES string of the molecule is O=C1N[C@H](Cc2c[nH]c3ccccc23)C(=O)N1CC(=O)N(C1CC1)[C@@H]1CCS(=O)(=O)C1. The van der Waals surface area contributed by atoms with Gasteiger partial charge in [-0.3, -0.25) is 14.5 Å². The maximum atomic E-state index is 13.0. The van der Waals surface area contributed by atoms with Gasteiger partial charge >= 0.3 is 6.03 Å². The third-order valence-electron chi connectivity index (χ3n) is 6.33. The molecule has 4 amide bonds. The van der Waals surface area contributed by atoms with Crippen LogP contribution in [0.1, 0.15) is 24.8 Å². The van der Waals surface area contributed by atoms with Gasteiger partial charge in [0.05, 0.1) is 11.5 Å². The number of carbonyl (C=O) groups is 3. The molecule has 31 heavy (non-hydrogen) atoms. The van der Waals surface area contributed by atoms with E-state index in [9.17, 15) is 22.8 Å². The van der Waals surface area contributed by atoms with Gasteiger partial charge in [0, 0.05) is 35.6 Å². The monoisotopic (exact) mass is 444 g/mol. The Morgan fingerprint density at radius 2 is 1.90 bits per heavy atom. The summed E-state index contributed by atoms with van der Waals surface area (Å²) < 4.78 is 23.8. The third kappa shape index (κ3) is 3.80. The Balaban J connectivity index is 1.28. The summed E-state index contributed by atoms with van der Waals surface area (Å²) in [6.45, 7) is -0.359. The summed E-state index contributed by atoms with van der Waals surface area (Å²) >= 11 is 0. The Morgan fingerprint density at radius 3 is 2.61 bits per heavy atom. The zero-order valence-electron chi connectivity index (χ0n) is 16.9. The van der Waals surface area contributed by atoms with E-state index in [1.54, 1.807) is 4.90 Å². The number of aromatic amines is 1. The number of amides is 4. The average molecular weight is 445 g/mol. The van der Waals surface area contributed by atoms with E-state index >= 15 is 0 Å². The van der Waals surface area contributed by atoms with E-state index in [4.69, 9.17) is 0 Å². The number of urea groups is 1. The molecule has 3 aliphatic rings. The maximum absolute atomic E-state index is 13.0. The van der Waals surface area contributed by atoms with Crippen LogP contribution in [0.15, 0.2) is 30.5 Å². The van der Waals surface area contributed by atoms with Crippen LogP contribution in [0, 0.1) is 0 Å². The highest BCUT2D eigenvalue weighted by Gasteiger charge is 2.45. The standard InChI is InChI=1S/C21H24N4O5S/c26-19(25(14-5-6-14)15-7-8-31(29,30)12-15)11-24-20(27)18(23-21(24)28)9-13-10-22-17-4-2-1-3-16(13)17/h1-4,10,14-15,18,22H,5-9,11-12H2,(H,23,28)/t15-,18-/m1/s1. The van der Waals surface area contributed by atoms with Crippen LogP contribution in [0.5, 0.6) is 0 Å². The number of imide groups is 1. The Labute approximate surface area is 179 Å². The molecule has 3 heterocycles. The van der Waals surface area contributed by atoms with Crippen LogP contribution >= 0.6 is 0 Å². The van der Waals surface area contributed by atoms with E-state index in [1.807, 2.05) is 30.5 Å². The van der Waals surface area contributed by atoms with Crippen molar-refractivity contribution in [3.05, 3.63) is 36.0 Å². The minimum atomic E-state index is -3.14. The molecule has 2 N–H and O–H groups in total. The number of aromatic nitrogens is 1. The molecule has 10 heteroatoms. The van der Waals surface area contributed by atoms with Crippen LogP contribution in [-0.4, -0.2) is 77.2 Å². The Morgan fingerprint density at radius 1 is 1.13 bits per heavy atom. The van der Waals surface area contributed by atoms with Gasteiger partial charge in [-0.25, -0.2) is 13.2 Å². The minimum absolute atomic E-state index is 0.00795. The lowest BCUT2D eigenvalue weighted by molar-refractivity contribution is -0.139. The average Bonchev–Trinajstić information content (AvgIpc) is 3.30. The highest BCUT2D eigenvalue weighted by molar-refractivity contribution is 7.91. The predicted octanol–water partition coefficient (Wildman–Crippen LogP) is 0.809. The van der Waals surface area contributed by atoms with Crippen molar-refractivity contribution in [1.29, 1.82) is 0 Å². The normalized spacial score (nSPS) is 25.2. The molecule has 0 unspecified atom stereocenters. The fourth-order valence-corrected chi connectivity index (χ4v) is 6.37. The van der Waals surface area contributed by atoms with Crippen molar-refractivity contribution in [2.75, 3.05) is 18.1 Å². The number of nitrogens with one attached hydrogen (secondary N) is 2. The summed E-state index contributed by atoms with van der Waals surface area (Å²) in [4.78, 5) is 44.1. The number of fused-ring (bicyclic) bond motifs is 1. The van der Waals surface area contributed by atoms with E-state index in [2.05, 4.69) is 10.3 Å². The van der Waals surface area contributed by atoms with Gasteiger partial charge in [0.2, 0.25) is 5.91 Å². The van der Waals surface area contributed by atoms with Gasteiger partial charge < -0.3 is 15.2 Å². The molecule has 1 aromatic carbocycles. The van der Waals surface area contributed by atoms with E-state index in [-0.39, 0.29) is 36.0 Å². The van der Waals surface area contributed by atoms with Crippen molar-refractivity contribution < 1.29 is 22.8 Å². The third-order valence-corrected chi connectivity index (χ3v) is 8.08. The molecule has 3 fully saturated rings. The number of nitrogens with zero attached hydrogens (tertiary/aromatic N) is 2. The largest absolute Gasteiger partial charge is 0.361 e. The summed E-state index contributed by atoms with van der Waals surface area (Å²) in [6, 6.07) is 6.04. The Bertz CT molecular complexity index is 1170. The van der Waals surface area contributed by atoms with E-state index < -0.39 is 27.8 Å². The summed E-state index contributed by atoms with van der Waals surface area (Å²) in [5, 5.41) is 3.67. The fraction of sp³-hybridized carbons (Fsp3) is 0.476. The molecular formula is C21H24N4O5S. The minimum Gasteiger partial charge on any atom is -0.361 e. The van der Waals surface area contributed by atoms with Crippen molar-refractivity contribution in [2.24, 2.45) is 0 Å². The molecule has 0 spiro atoms. The lowest BCUT2D eigenvalue weighted by Gasteiger charge is -2.29. The number of carbonyl (C=O) groups excluding carboxylic acids is 3. The van der Waals surface area contributed by atoms with Crippen LogP contribution in [0.2, 0.25) is 0 Å². The molecule has 164 valence electrons. The first kappa shape index (κ1) is 20.0. The van der Waals surface area contributed by atoms with Crippen LogP contribution in [0.3, 0.4) is 0 Å². The zero-order chi connectivity index (χ0) is 21.8. The summed E-state index contributed by atoms with van der Waals surface area (Å²) in [5.74, 6) is -0.762. The number of rotatable bonds is 6. The second-order valence-corrected chi connectivity index (χ2v) is 10.8. The topological polar surface area (TPSA) is 120 Å². The number of benzene rings is 1. The summed E-state index contributed by atoms with van der Waals surface area (Å²) in [7, 11) is -3.14. The number of hydrogen-bond acceptors (Lipinski definition) is 5. The second kappa shape index (κ2) is 7.37. The first-order valence-corrected chi connectivity index (χ1v) is 12.3. The van der Waals surface area contributed by atoms with Crippen LogP contribution in [-0.2, 0) is 25.8 Å². The molecule has 2 saturated heterocycles. The van der Waals surface area contributed by atoms with Gasteiger partial charge in [-0.2, -0.15) is 0 Å². The summed E-state index contributed by atoms with van der Waals surface area (Å²) in [5.41, 5.74) is 1.87. The zero-order valence-corrected chi connectivity index (χ0v) is 17.7. The van der Waals surface area contributed by atoms with E-state index in [1.165, 1.54) is 0 Å². The lowest BCUT2D eigenvalue weighted by atomic mass is 10.1. The van der Waals surface area contributed by atoms with Gasteiger partial charge in [0.15, 0.2) is 9.84 Å². The van der Waals surface area contributed by atoms with Crippen LogP contribution in [0.25, 0.3) is 10.9 Å². The van der Waals surface area contributed by atoms with Gasteiger partial charge in [-0.15, -0.1) is 0 Å². The first-order valence-electron chi connectivity index (χ1n) is 10.5. The van der Waals surface area contributed by atoms with Crippen LogP contribution in [0.4, 0.5) is 4.79 Å². The van der Waals surface area contributed by atoms with Gasteiger partial charge in [-0.1, -0.05) is 18.2 Å². The Kier molecular flexibility index (Phi) is 4.76. The number of hydrogen-bond donors (Lipinski definition) is 2. The highest BCUT2D eigenvalue weighted by Crippen LogP contribution is 2.32. The molecule has 2 aromatic rings. The van der Waals surface area contributed by atoms with Crippen molar-refractivity contribution in [1.82, 2.24) is 20.1 Å². The molecule has 5 rings (SSSR count). The molecule has 2 atom stereocenters. The molecule has 9 nitrogen and oxygen atoms in total. The molecular weight excluding hydrogens is 420 g/mol. The quantitative estimate of drug-likeness (QED) is 0.639. The van der Waals surface area contributed by atoms with Gasteiger partial charge in [0.25, 0.3) is 5.91 Å². The molecule has 1 saturated carbocycles. The predicted molar refractivity (Wildman–Crippen MR) is 113 cm³/mol. The molecule has 0 bridgehead atoms. The fourth-order valence-electron chi connectivity index (χ4n) is 4.66. The van der Waals surface area contributed by atoms with Crippen molar-refractivity contribution in [2.45, 2.75) is 43.8 Å². The first-order chi connectivity index (χ1) is 14.8. The van der Waals surface area contributed by atoms with Crippen LogP contribution < -0.4 is 5.32 Å². The van der Waals surface area contributed by atoms with Gasteiger partial charge in [0.1, 0.15) is 12.6 Å². The molecule has 0 radical (unpaired) electrons. The molecule has 2 aliphatic heterocycles. The van der Waals surface area contributed by atoms with Crippen molar-refractivity contribution in [3.63, 3.8) is 0 Å². The number of sulfone groups is 1. The lowest BCUT2D eigenvalue weighted by Crippen LogP contribution is -2.49. The van der Waals surface area contributed by atoms with Gasteiger partial charge in [-0.05, 0) is 30.9 Å². The van der Waals surface area contributed by atoms with E-state index in [0.29, 0.717) is 12.8 Å². The molecule has 1 aliphatic carbocycles. The smallest absolute Gasteiger partial charge is 0.325 e. The summed E-state index contributed by atoms with van der Waals surface area (Å²) in [6.07, 6.45) is 4.21. The molecule has 1 aromatic heterocycles. The van der Waals surface area contributed by atoms with E-state index in [0.717, 1.165) is 34.2 Å². The van der Waals surface area contributed by atoms with Crippen molar-refractivity contribution >= 4 is 38.6 Å². The van der Waals surface area contributed by atoms with Crippen molar-refractivity contribution in [3.8, 4) is 0 Å². The number of para-hydroxylation sites is 1. The Hall–Kier alpha value is -2.88.